The fourth-order valence-electron chi connectivity index (χ4n) is 2.34. The van der Waals surface area contributed by atoms with E-state index in [-0.39, 0.29) is 34.7 Å². The van der Waals surface area contributed by atoms with E-state index in [4.69, 9.17) is 4.74 Å². The van der Waals surface area contributed by atoms with Gasteiger partial charge in [-0.05, 0) is 32.0 Å². The van der Waals surface area contributed by atoms with Gasteiger partial charge in [0.15, 0.2) is 0 Å². The van der Waals surface area contributed by atoms with Crippen molar-refractivity contribution < 1.29 is 17.9 Å². The number of aromatic nitrogens is 1. The molecular weight excluding hydrogens is 386 g/mol. The van der Waals surface area contributed by atoms with Gasteiger partial charge >= 0.3 is 0 Å². The Labute approximate surface area is 164 Å². The molecule has 0 spiro atoms. The van der Waals surface area contributed by atoms with E-state index in [1.165, 1.54) is 25.3 Å². The van der Waals surface area contributed by atoms with Crippen LogP contribution in [-0.2, 0) is 16.6 Å². The van der Waals surface area contributed by atoms with E-state index in [0.29, 0.717) is 5.92 Å². The first-order valence-electron chi connectivity index (χ1n) is 8.57. The first-order chi connectivity index (χ1) is 12.6. The summed E-state index contributed by atoms with van der Waals surface area (Å²) in [6.07, 6.45) is 0. The minimum absolute atomic E-state index is 0.0675. The van der Waals surface area contributed by atoms with Gasteiger partial charge in [0.05, 0.1) is 24.4 Å². The monoisotopic (exact) mass is 411 g/mol. The van der Waals surface area contributed by atoms with Crippen molar-refractivity contribution in [3.8, 4) is 5.75 Å². The number of carbonyl (C=O) groups is 1. The minimum atomic E-state index is -3.80. The lowest BCUT2D eigenvalue weighted by molar-refractivity contribution is 0.0950. The molecule has 7 nitrogen and oxygen atoms in total. The van der Waals surface area contributed by atoms with Crippen LogP contribution in [0, 0.1) is 0 Å². The summed E-state index contributed by atoms with van der Waals surface area (Å²) in [7, 11) is -2.41. The number of amides is 1. The van der Waals surface area contributed by atoms with Crippen LogP contribution in [0.3, 0.4) is 0 Å². The Bertz CT molecular complexity index is 905. The van der Waals surface area contributed by atoms with E-state index in [1.807, 2.05) is 5.38 Å². The molecule has 0 fully saturated rings. The second-order valence-corrected chi connectivity index (χ2v) is 9.23. The number of nitrogens with zero attached hydrogens (tertiary/aromatic N) is 1. The summed E-state index contributed by atoms with van der Waals surface area (Å²) in [5.74, 6) is 0.140. The predicted octanol–water partition coefficient (Wildman–Crippen LogP) is 2.89. The van der Waals surface area contributed by atoms with Gasteiger partial charge in [0.1, 0.15) is 10.6 Å². The number of hydrogen-bond acceptors (Lipinski definition) is 6. The molecule has 0 aliphatic carbocycles. The molecule has 0 atom stereocenters. The highest BCUT2D eigenvalue weighted by molar-refractivity contribution is 7.89. The third-order valence-corrected chi connectivity index (χ3v) is 6.47. The van der Waals surface area contributed by atoms with Gasteiger partial charge in [-0.15, -0.1) is 11.3 Å². The third-order valence-electron chi connectivity index (χ3n) is 3.60. The molecule has 2 aromatic rings. The second kappa shape index (κ2) is 8.81. The molecule has 148 valence electrons. The Kier molecular flexibility index (Phi) is 6.96. The number of hydrogen-bond donors (Lipinski definition) is 2. The normalized spacial score (nSPS) is 11.8. The molecule has 1 amide bonds. The van der Waals surface area contributed by atoms with Crippen LogP contribution in [0.2, 0.25) is 0 Å². The Hall–Kier alpha value is -1.97. The second-order valence-electron chi connectivity index (χ2n) is 6.66. The number of rotatable bonds is 8. The molecule has 0 saturated carbocycles. The molecule has 1 aromatic heterocycles. The molecule has 2 N–H and O–H groups in total. The number of methoxy groups -OCH3 is 1. The Morgan fingerprint density at radius 1 is 1.26 bits per heavy atom. The summed E-state index contributed by atoms with van der Waals surface area (Å²) in [5.41, 5.74) is 1.01. The van der Waals surface area contributed by atoms with Crippen LogP contribution in [0.15, 0.2) is 28.5 Å². The molecule has 1 heterocycles. The molecule has 9 heteroatoms. The van der Waals surface area contributed by atoms with Crippen molar-refractivity contribution in [3.05, 3.63) is 39.8 Å². The summed E-state index contributed by atoms with van der Waals surface area (Å²) >= 11 is 1.55. The fraction of sp³-hybridized carbons (Fsp3) is 0.444. The highest BCUT2D eigenvalue weighted by Gasteiger charge is 2.22. The smallest absolute Gasteiger partial charge is 0.251 e. The lowest BCUT2D eigenvalue weighted by Crippen LogP contribution is -2.31. The number of thiazole rings is 1. The topological polar surface area (TPSA) is 97.4 Å². The van der Waals surface area contributed by atoms with Crippen LogP contribution in [0.1, 0.15) is 54.7 Å². The molecule has 27 heavy (non-hydrogen) atoms. The maximum Gasteiger partial charge on any atom is 0.251 e. The number of nitrogens with one attached hydrogen (secondary N) is 2. The van der Waals surface area contributed by atoms with Gasteiger partial charge in [-0.3, -0.25) is 4.79 Å². The van der Waals surface area contributed by atoms with Gasteiger partial charge in [0.25, 0.3) is 5.91 Å². The summed E-state index contributed by atoms with van der Waals surface area (Å²) in [6.45, 7) is 7.84. The summed E-state index contributed by atoms with van der Waals surface area (Å²) in [5, 5.41) is 5.69. The average Bonchev–Trinajstić information content (AvgIpc) is 3.07. The van der Waals surface area contributed by atoms with Crippen LogP contribution < -0.4 is 14.8 Å². The molecule has 0 aliphatic rings. The molecule has 0 unspecified atom stereocenters. The van der Waals surface area contributed by atoms with Crippen LogP contribution >= 0.6 is 11.3 Å². The SMILES string of the molecule is COc1ccc(C(=O)NCc2csc(C(C)C)n2)cc1S(=O)(=O)NC(C)C. The molecule has 0 bridgehead atoms. The van der Waals surface area contributed by atoms with E-state index in [0.717, 1.165) is 10.7 Å². The number of benzene rings is 1. The van der Waals surface area contributed by atoms with Gasteiger partial charge in [-0.2, -0.15) is 0 Å². The largest absolute Gasteiger partial charge is 0.495 e. The molecule has 2 rings (SSSR count). The van der Waals surface area contributed by atoms with Crippen molar-refractivity contribution in [2.75, 3.05) is 7.11 Å². The number of sulfonamides is 1. The Morgan fingerprint density at radius 3 is 2.52 bits per heavy atom. The van der Waals surface area contributed by atoms with Gasteiger partial charge in [0.2, 0.25) is 10.0 Å². The first kappa shape index (κ1) is 21.3. The molecule has 0 aliphatic heterocycles. The van der Waals surface area contributed by atoms with Gasteiger partial charge in [-0.25, -0.2) is 18.1 Å². The zero-order valence-electron chi connectivity index (χ0n) is 16.1. The van der Waals surface area contributed by atoms with Gasteiger partial charge in [0, 0.05) is 22.9 Å². The summed E-state index contributed by atoms with van der Waals surface area (Å²) in [4.78, 5) is 16.9. The van der Waals surface area contributed by atoms with Crippen molar-refractivity contribution in [3.63, 3.8) is 0 Å². The zero-order chi connectivity index (χ0) is 20.2. The summed E-state index contributed by atoms with van der Waals surface area (Å²) < 4.78 is 32.7. The number of ether oxygens (including phenoxy) is 1. The van der Waals surface area contributed by atoms with E-state index in [2.05, 4.69) is 28.9 Å². The quantitative estimate of drug-likeness (QED) is 0.696. The van der Waals surface area contributed by atoms with E-state index >= 15 is 0 Å². The van der Waals surface area contributed by atoms with E-state index < -0.39 is 10.0 Å². The maximum absolute atomic E-state index is 12.5. The van der Waals surface area contributed by atoms with Crippen molar-refractivity contribution in [1.82, 2.24) is 15.0 Å². The molecule has 0 saturated heterocycles. The maximum atomic E-state index is 12.5. The van der Waals surface area contributed by atoms with Crippen molar-refractivity contribution in [2.24, 2.45) is 0 Å². The fourth-order valence-corrected chi connectivity index (χ4v) is 4.62. The summed E-state index contributed by atoms with van der Waals surface area (Å²) in [6, 6.07) is 4.04. The predicted molar refractivity (Wildman–Crippen MR) is 106 cm³/mol. The lowest BCUT2D eigenvalue weighted by Gasteiger charge is -2.14. The van der Waals surface area contributed by atoms with E-state index in [1.54, 1.807) is 25.2 Å². The standard InChI is InChI=1S/C18H25N3O4S2/c1-11(2)18-20-14(10-26-18)9-19-17(22)13-6-7-15(25-5)16(8-13)27(23,24)21-12(3)4/h6-8,10-12,21H,9H2,1-5H3,(H,19,22). The highest BCUT2D eigenvalue weighted by Crippen LogP contribution is 2.25. The van der Waals surface area contributed by atoms with Gasteiger partial charge < -0.3 is 10.1 Å². The van der Waals surface area contributed by atoms with Crippen LogP contribution in [-0.4, -0.2) is 32.5 Å². The molecule has 1 aromatic carbocycles. The highest BCUT2D eigenvalue weighted by atomic mass is 32.2. The average molecular weight is 412 g/mol. The van der Waals surface area contributed by atoms with E-state index in [9.17, 15) is 13.2 Å². The first-order valence-corrected chi connectivity index (χ1v) is 10.9. The van der Waals surface area contributed by atoms with Crippen molar-refractivity contribution >= 4 is 27.3 Å². The number of carbonyl (C=O) groups excluding carboxylic acids is 1. The van der Waals surface area contributed by atoms with Crippen LogP contribution in [0.5, 0.6) is 5.75 Å². The molecule has 0 radical (unpaired) electrons. The van der Waals surface area contributed by atoms with Crippen LogP contribution in [0.25, 0.3) is 0 Å². The Balaban J connectivity index is 2.19. The third kappa shape index (κ3) is 5.50. The lowest BCUT2D eigenvalue weighted by atomic mass is 10.2. The minimum Gasteiger partial charge on any atom is -0.495 e. The zero-order valence-corrected chi connectivity index (χ0v) is 17.7. The van der Waals surface area contributed by atoms with Crippen LogP contribution in [0.4, 0.5) is 0 Å². The van der Waals surface area contributed by atoms with Gasteiger partial charge in [-0.1, -0.05) is 13.8 Å². The Morgan fingerprint density at radius 2 is 1.96 bits per heavy atom. The van der Waals surface area contributed by atoms with Crippen molar-refractivity contribution in [2.45, 2.75) is 51.1 Å². The molecular formula is C18H25N3O4S2. The van der Waals surface area contributed by atoms with Crippen molar-refractivity contribution in [1.29, 1.82) is 0 Å².